The largest absolute Gasteiger partial charge is 0.412 e. The third-order valence-corrected chi connectivity index (χ3v) is 2.31. The first-order valence-electron chi connectivity index (χ1n) is 6.27. The van der Waals surface area contributed by atoms with Crippen LogP contribution in [0.15, 0.2) is 30.3 Å². The Labute approximate surface area is 108 Å². The van der Waals surface area contributed by atoms with Gasteiger partial charge in [0.15, 0.2) is 0 Å². The van der Waals surface area contributed by atoms with Crippen molar-refractivity contribution >= 4 is 6.09 Å². The fourth-order valence-electron chi connectivity index (χ4n) is 1.28. The van der Waals surface area contributed by atoms with Gasteiger partial charge in [0, 0.05) is 13.2 Å². The molecule has 100 valence electrons. The standard InChI is InChI=1S/C14H21NO3/c1-12(2)8-10-17-11-9-15-14(16)18-13-6-4-3-5-7-13/h3-7,12H,8-11H2,1-2H3,(H,15,16). The minimum Gasteiger partial charge on any atom is -0.410 e. The van der Waals surface area contributed by atoms with E-state index in [9.17, 15) is 4.79 Å². The first-order chi connectivity index (χ1) is 8.68. The predicted octanol–water partition coefficient (Wildman–Crippen LogP) is 2.84. The molecule has 0 aliphatic rings. The second-order valence-corrected chi connectivity index (χ2v) is 4.42. The van der Waals surface area contributed by atoms with Gasteiger partial charge < -0.3 is 14.8 Å². The second-order valence-electron chi connectivity index (χ2n) is 4.42. The monoisotopic (exact) mass is 251 g/mol. The summed E-state index contributed by atoms with van der Waals surface area (Å²) in [7, 11) is 0. The van der Waals surface area contributed by atoms with Crippen LogP contribution in [-0.4, -0.2) is 25.9 Å². The summed E-state index contributed by atoms with van der Waals surface area (Å²) in [6, 6.07) is 8.97. The van der Waals surface area contributed by atoms with E-state index in [-0.39, 0.29) is 0 Å². The van der Waals surface area contributed by atoms with Crippen molar-refractivity contribution in [2.45, 2.75) is 20.3 Å². The molecule has 4 heteroatoms. The molecule has 0 aromatic heterocycles. The summed E-state index contributed by atoms with van der Waals surface area (Å²) in [5.41, 5.74) is 0. The van der Waals surface area contributed by atoms with Crippen LogP contribution < -0.4 is 10.1 Å². The molecule has 0 aliphatic heterocycles. The molecular formula is C14H21NO3. The molecule has 0 aliphatic carbocycles. The summed E-state index contributed by atoms with van der Waals surface area (Å²) in [5, 5.41) is 2.63. The maximum absolute atomic E-state index is 11.4. The minimum absolute atomic E-state index is 0.450. The SMILES string of the molecule is CC(C)CCOCCNC(=O)Oc1ccccc1. The lowest BCUT2D eigenvalue weighted by Crippen LogP contribution is -2.30. The van der Waals surface area contributed by atoms with E-state index in [1.165, 1.54) is 0 Å². The lowest BCUT2D eigenvalue weighted by molar-refractivity contribution is 0.123. The Morgan fingerprint density at radius 3 is 2.61 bits per heavy atom. The zero-order chi connectivity index (χ0) is 13.2. The highest BCUT2D eigenvalue weighted by molar-refractivity contribution is 5.70. The molecule has 0 heterocycles. The van der Waals surface area contributed by atoms with Crippen molar-refractivity contribution in [3.05, 3.63) is 30.3 Å². The third kappa shape index (κ3) is 6.91. The molecule has 1 aromatic carbocycles. The van der Waals surface area contributed by atoms with Gasteiger partial charge >= 0.3 is 6.09 Å². The molecule has 4 nitrogen and oxygen atoms in total. The van der Waals surface area contributed by atoms with Crippen LogP contribution in [0.25, 0.3) is 0 Å². The van der Waals surface area contributed by atoms with Crippen LogP contribution in [0.1, 0.15) is 20.3 Å². The van der Waals surface area contributed by atoms with Crippen molar-refractivity contribution < 1.29 is 14.3 Å². The van der Waals surface area contributed by atoms with Gasteiger partial charge in [-0.2, -0.15) is 0 Å². The molecule has 0 atom stereocenters. The van der Waals surface area contributed by atoms with E-state index in [1.54, 1.807) is 12.1 Å². The highest BCUT2D eigenvalue weighted by atomic mass is 16.6. The molecule has 1 rings (SSSR count). The van der Waals surface area contributed by atoms with Gasteiger partial charge in [0.05, 0.1) is 6.61 Å². The van der Waals surface area contributed by atoms with Crippen molar-refractivity contribution in [2.24, 2.45) is 5.92 Å². The Balaban J connectivity index is 2.04. The summed E-state index contributed by atoms with van der Waals surface area (Å²) in [4.78, 5) is 11.4. The maximum Gasteiger partial charge on any atom is 0.412 e. The minimum atomic E-state index is -0.450. The van der Waals surface area contributed by atoms with Crippen LogP contribution in [0.3, 0.4) is 0 Å². The first kappa shape index (κ1) is 14.5. The molecule has 1 amide bonds. The van der Waals surface area contributed by atoms with Gasteiger partial charge in [0.25, 0.3) is 0 Å². The van der Waals surface area contributed by atoms with Crippen molar-refractivity contribution in [2.75, 3.05) is 19.8 Å². The lowest BCUT2D eigenvalue weighted by atomic mass is 10.1. The quantitative estimate of drug-likeness (QED) is 0.758. The molecule has 18 heavy (non-hydrogen) atoms. The van der Waals surface area contributed by atoms with Crippen molar-refractivity contribution in [3.63, 3.8) is 0 Å². The third-order valence-electron chi connectivity index (χ3n) is 2.31. The predicted molar refractivity (Wildman–Crippen MR) is 70.7 cm³/mol. The molecule has 0 bridgehead atoms. The average molecular weight is 251 g/mol. The van der Waals surface area contributed by atoms with E-state index in [2.05, 4.69) is 19.2 Å². The summed E-state index contributed by atoms with van der Waals surface area (Å²) in [6.45, 7) is 6.01. The number of ether oxygens (including phenoxy) is 2. The van der Waals surface area contributed by atoms with Gasteiger partial charge in [-0.25, -0.2) is 4.79 Å². The van der Waals surface area contributed by atoms with Crippen LogP contribution in [0, 0.1) is 5.92 Å². The number of carbonyl (C=O) groups excluding carboxylic acids is 1. The van der Waals surface area contributed by atoms with Crippen LogP contribution >= 0.6 is 0 Å². The average Bonchev–Trinajstić information content (AvgIpc) is 2.34. The van der Waals surface area contributed by atoms with Crippen molar-refractivity contribution in [3.8, 4) is 5.75 Å². The Hall–Kier alpha value is -1.55. The summed E-state index contributed by atoms with van der Waals surface area (Å²) >= 11 is 0. The molecule has 0 saturated heterocycles. The highest BCUT2D eigenvalue weighted by Crippen LogP contribution is 2.07. The molecule has 0 fully saturated rings. The Morgan fingerprint density at radius 1 is 1.22 bits per heavy atom. The summed E-state index contributed by atoms with van der Waals surface area (Å²) < 4.78 is 10.4. The van der Waals surface area contributed by atoms with Crippen LogP contribution in [0.4, 0.5) is 4.79 Å². The van der Waals surface area contributed by atoms with Gasteiger partial charge in [-0.15, -0.1) is 0 Å². The Morgan fingerprint density at radius 2 is 1.94 bits per heavy atom. The Bertz CT molecular complexity index is 338. The molecule has 0 unspecified atom stereocenters. The first-order valence-corrected chi connectivity index (χ1v) is 6.27. The number of hydrogen-bond donors (Lipinski definition) is 1. The number of para-hydroxylation sites is 1. The van der Waals surface area contributed by atoms with Crippen LogP contribution in [0.5, 0.6) is 5.75 Å². The van der Waals surface area contributed by atoms with Gasteiger partial charge in [0.2, 0.25) is 0 Å². The molecule has 1 aromatic rings. The number of hydrogen-bond acceptors (Lipinski definition) is 3. The number of nitrogens with one attached hydrogen (secondary N) is 1. The lowest BCUT2D eigenvalue weighted by Gasteiger charge is -2.08. The van der Waals surface area contributed by atoms with E-state index < -0.39 is 6.09 Å². The van der Waals surface area contributed by atoms with Gasteiger partial charge in [-0.05, 0) is 24.5 Å². The normalized spacial score (nSPS) is 10.4. The zero-order valence-electron chi connectivity index (χ0n) is 11.0. The van der Waals surface area contributed by atoms with E-state index in [0.717, 1.165) is 13.0 Å². The molecule has 1 N–H and O–H groups in total. The summed E-state index contributed by atoms with van der Waals surface area (Å²) in [5.74, 6) is 1.18. The Kier molecular flexibility index (Phi) is 6.87. The van der Waals surface area contributed by atoms with E-state index in [4.69, 9.17) is 9.47 Å². The number of amides is 1. The molecule has 0 saturated carbocycles. The topological polar surface area (TPSA) is 47.6 Å². The molecule has 0 radical (unpaired) electrons. The fraction of sp³-hybridized carbons (Fsp3) is 0.500. The smallest absolute Gasteiger partial charge is 0.410 e. The van der Waals surface area contributed by atoms with E-state index in [0.29, 0.717) is 24.8 Å². The fourth-order valence-corrected chi connectivity index (χ4v) is 1.28. The zero-order valence-corrected chi connectivity index (χ0v) is 11.0. The molecular weight excluding hydrogens is 230 g/mol. The highest BCUT2D eigenvalue weighted by Gasteiger charge is 2.02. The van der Waals surface area contributed by atoms with Gasteiger partial charge in [0.1, 0.15) is 5.75 Å². The van der Waals surface area contributed by atoms with Crippen molar-refractivity contribution in [1.82, 2.24) is 5.32 Å². The van der Waals surface area contributed by atoms with E-state index in [1.807, 2.05) is 18.2 Å². The summed E-state index contributed by atoms with van der Waals surface area (Å²) in [6.07, 6.45) is 0.586. The van der Waals surface area contributed by atoms with Crippen LogP contribution in [0.2, 0.25) is 0 Å². The second kappa shape index (κ2) is 8.53. The van der Waals surface area contributed by atoms with Crippen molar-refractivity contribution in [1.29, 1.82) is 0 Å². The van der Waals surface area contributed by atoms with Crippen LogP contribution in [-0.2, 0) is 4.74 Å². The number of rotatable bonds is 7. The maximum atomic E-state index is 11.4. The number of carbonyl (C=O) groups is 1. The van der Waals surface area contributed by atoms with Gasteiger partial charge in [-0.1, -0.05) is 32.0 Å². The van der Waals surface area contributed by atoms with Gasteiger partial charge in [-0.3, -0.25) is 0 Å². The van der Waals surface area contributed by atoms with E-state index >= 15 is 0 Å². The molecule has 0 spiro atoms. The number of benzene rings is 1.